The van der Waals surface area contributed by atoms with E-state index in [0.717, 1.165) is 10.8 Å². The molecule has 0 heterocycles. The average Bonchev–Trinajstić information content (AvgIpc) is 2.49. The number of benzene rings is 3. The molecule has 0 radical (unpaired) electrons. The van der Waals surface area contributed by atoms with Crippen molar-refractivity contribution >= 4 is 10.8 Å². The molecular formula is C17H11NO2. The molecule has 0 saturated heterocycles. The molecule has 3 rings (SSSR count). The highest BCUT2D eigenvalue weighted by Gasteiger charge is 2.06. The molecule has 0 bridgehead atoms. The molecule has 20 heavy (non-hydrogen) atoms. The first-order valence-corrected chi connectivity index (χ1v) is 6.16. The van der Waals surface area contributed by atoms with E-state index >= 15 is 0 Å². The number of phenolic OH excluding ortho intramolecular Hbond substituents is 1. The molecule has 0 fully saturated rings. The average molecular weight is 261 g/mol. The zero-order valence-corrected chi connectivity index (χ0v) is 10.6. The monoisotopic (exact) mass is 261 g/mol. The Morgan fingerprint density at radius 3 is 2.20 bits per heavy atom. The van der Waals surface area contributed by atoms with Crippen LogP contribution in [0.2, 0.25) is 0 Å². The number of hydrogen-bond donors (Lipinski definition) is 1. The van der Waals surface area contributed by atoms with Crippen molar-refractivity contribution in [2.45, 2.75) is 0 Å². The van der Waals surface area contributed by atoms with Crippen molar-refractivity contribution in [2.75, 3.05) is 0 Å². The quantitative estimate of drug-likeness (QED) is 0.751. The maximum Gasteiger partial charge on any atom is 0.169 e. The Balaban J connectivity index is 1.97. The smallest absolute Gasteiger partial charge is 0.169 e. The van der Waals surface area contributed by atoms with Gasteiger partial charge in [-0.1, -0.05) is 24.3 Å². The van der Waals surface area contributed by atoms with Crippen LogP contribution in [0.3, 0.4) is 0 Å². The van der Waals surface area contributed by atoms with Gasteiger partial charge < -0.3 is 9.84 Å². The summed E-state index contributed by atoms with van der Waals surface area (Å²) in [6.45, 7) is 0. The van der Waals surface area contributed by atoms with Crippen molar-refractivity contribution in [3.63, 3.8) is 0 Å². The lowest BCUT2D eigenvalue weighted by molar-refractivity contribution is 0.412. The van der Waals surface area contributed by atoms with Crippen LogP contribution in [0, 0.1) is 11.3 Å². The number of hydrogen-bond acceptors (Lipinski definition) is 3. The first-order valence-electron chi connectivity index (χ1n) is 6.16. The maximum absolute atomic E-state index is 9.99. The molecule has 3 heteroatoms. The molecule has 0 saturated carbocycles. The van der Waals surface area contributed by atoms with Crippen LogP contribution in [0.15, 0.2) is 60.7 Å². The standard InChI is InChI=1S/C17H11NO2/c18-11-12-5-7-15(8-6-12)20-17-10-14-4-2-1-3-13(14)9-16(17)19/h1-10,19H. The molecule has 1 N–H and O–H groups in total. The first kappa shape index (κ1) is 12.1. The fraction of sp³-hybridized carbons (Fsp3) is 0. The van der Waals surface area contributed by atoms with Gasteiger partial charge in [0.05, 0.1) is 11.6 Å². The third-order valence-electron chi connectivity index (χ3n) is 3.04. The number of aromatic hydroxyl groups is 1. The summed E-state index contributed by atoms with van der Waals surface area (Å²) >= 11 is 0. The van der Waals surface area contributed by atoms with Gasteiger partial charge in [-0.2, -0.15) is 5.26 Å². The van der Waals surface area contributed by atoms with Crippen molar-refractivity contribution in [3.8, 4) is 23.3 Å². The van der Waals surface area contributed by atoms with Crippen LogP contribution in [0.5, 0.6) is 17.2 Å². The van der Waals surface area contributed by atoms with E-state index in [1.165, 1.54) is 0 Å². The fourth-order valence-electron chi connectivity index (χ4n) is 2.01. The van der Waals surface area contributed by atoms with Crippen molar-refractivity contribution in [3.05, 3.63) is 66.2 Å². The summed E-state index contributed by atoms with van der Waals surface area (Å²) in [5.74, 6) is 1.07. The van der Waals surface area contributed by atoms with Crippen LogP contribution < -0.4 is 4.74 Å². The van der Waals surface area contributed by atoms with Gasteiger partial charge in [0.15, 0.2) is 11.5 Å². The second-order valence-corrected chi connectivity index (χ2v) is 4.41. The van der Waals surface area contributed by atoms with Crippen LogP contribution >= 0.6 is 0 Å². The highest BCUT2D eigenvalue weighted by atomic mass is 16.5. The van der Waals surface area contributed by atoms with Crippen molar-refractivity contribution in [1.82, 2.24) is 0 Å². The molecule has 0 aliphatic carbocycles. The van der Waals surface area contributed by atoms with E-state index in [4.69, 9.17) is 10.00 Å². The van der Waals surface area contributed by atoms with Crippen molar-refractivity contribution in [1.29, 1.82) is 5.26 Å². The van der Waals surface area contributed by atoms with Crippen LogP contribution in [0.25, 0.3) is 10.8 Å². The third-order valence-corrected chi connectivity index (χ3v) is 3.04. The summed E-state index contributed by atoms with van der Waals surface area (Å²) in [5.41, 5.74) is 0.570. The largest absolute Gasteiger partial charge is 0.504 e. The van der Waals surface area contributed by atoms with Crippen molar-refractivity contribution in [2.24, 2.45) is 0 Å². The summed E-state index contributed by atoms with van der Waals surface area (Å²) in [6, 6.07) is 20.0. The van der Waals surface area contributed by atoms with Gasteiger partial charge in [-0.25, -0.2) is 0 Å². The highest BCUT2D eigenvalue weighted by molar-refractivity contribution is 5.86. The Morgan fingerprint density at radius 2 is 1.55 bits per heavy atom. The second-order valence-electron chi connectivity index (χ2n) is 4.41. The summed E-state index contributed by atoms with van der Waals surface area (Å²) in [7, 11) is 0. The summed E-state index contributed by atoms with van der Waals surface area (Å²) in [5, 5.41) is 20.7. The van der Waals surface area contributed by atoms with Crippen molar-refractivity contribution < 1.29 is 9.84 Å². The third kappa shape index (κ3) is 2.27. The van der Waals surface area contributed by atoms with E-state index in [9.17, 15) is 5.11 Å². The minimum absolute atomic E-state index is 0.0908. The second kappa shape index (κ2) is 4.94. The number of ether oxygens (including phenoxy) is 1. The normalized spacial score (nSPS) is 10.2. The van der Waals surface area contributed by atoms with E-state index in [0.29, 0.717) is 17.1 Å². The van der Waals surface area contributed by atoms with Gasteiger partial charge in [0.1, 0.15) is 5.75 Å². The number of nitrogens with zero attached hydrogens (tertiary/aromatic N) is 1. The van der Waals surface area contributed by atoms with Crippen LogP contribution in [0.1, 0.15) is 5.56 Å². The fourth-order valence-corrected chi connectivity index (χ4v) is 2.01. The zero-order chi connectivity index (χ0) is 13.9. The van der Waals surface area contributed by atoms with E-state index in [1.54, 1.807) is 36.4 Å². The summed E-state index contributed by atoms with van der Waals surface area (Å²) in [4.78, 5) is 0. The molecule has 3 aromatic rings. The molecule has 0 spiro atoms. The molecule has 0 aromatic heterocycles. The number of fused-ring (bicyclic) bond motifs is 1. The Labute approximate surface area is 116 Å². The van der Waals surface area contributed by atoms with E-state index in [-0.39, 0.29) is 5.75 Å². The lowest BCUT2D eigenvalue weighted by Crippen LogP contribution is -1.86. The Morgan fingerprint density at radius 1 is 0.900 bits per heavy atom. The number of rotatable bonds is 2. The molecule has 0 atom stereocenters. The Bertz CT molecular complexity index is 801. The molecule has 96 valence electrons. The predicted molar refractivity (Wildman–Crippen MR) is 76.8 cm³/mol. The summed E-state index contributed by atoms with van der Waals surface area (Å²) in [6.07, 6.45) is 0. The van der Waals surface area contributed by atoms with Gasteiger partial charge in [0.25, 0.3) is 0 Å². The molecular weight excluding hydrogens is 250 g/mol. The van der Waals surface area contributed by atoms with Gasteiger partial charge in [-0.05, 0) is 47.2 Å². The summed E-state index contributed by atoms with van der Waals surface area (Å²) < 4.78 is 5.66. The first-order chi connectivity index (χ1) is 9.76. The lowest BCUT2D eigenvalue weighted by Gasteiger charge is -2.09. The minimum atomic E-state index is 0.0908. The van der Waals surface area contributed by atoms with Gasteiger partial charge in [0, 0.05) is 0 Å². The van der Waals surface area contributed by atoms with Crippen LogP contribution in [-0.2, 0) is 0 Å². The van der Waals surface area contributed by atoms with E-state index < -0.39 is 0 Å². The van der Waals surface area contributed by atoms with E-state index in [1.807, 2.05) is 30.3 Å². The SMILES string of the molecule is N#Cc1ccc(Oc2cc3ccccc3cc2O)cc1. The Hall–Kier alpha value is -2.99. The van der Waals surface area contributed by atoms with Crippen LogP contribution in [-0.4, -0.2) is 5.11 Å². The minimum Gasteiger partial charge on any atom is -0.504 e. The molecule has 0 aliphatic heterocycles. The number of nitriles is 1. The molecule has 3 nitrogen and oxygen atoms in total. The topological polar surface area (TPSA) is 53.2 Å². The highest BCUT2D eigenvalue weighted by Crippen LogP contribution is 2.34. The van der Waals surface area contributed by atoms with Gasteiger partial charge in [0.2, 0.25) is 0 Å². The van der Waals surface area contributed by atoms with Gasteiger partial charge in [-0.15, -0.1) is 0 Å². The van der Waals surface area contributed by atoms with Gasteiger partial charge >= 0.3 is 0 Å². The molecule has 3 aromatic carbocycles. The Kier molecular flexibility index (Phi) is 2.98. The lowest BCUT2D eigenvalue weighted by atomic mass is 10.1. The van der Waals surface area contributed by atoms with E-state index in [2.05, 4.69) is 0 Å². The molecule has 0 aliphatic rings. The zero-order valence-electron chi connectivity index (χ0n) is 10.6. The number of phenols is 1. The van der Waals surface area contributed by atoms with Crippen LogP contribution in [0.4, 0.5) is 0 Å². The molecule has 0 amide bonds. The maximum atomic E-state index is 9.99. The van der Waals surface area contributed by atoms with Gasteiger partial charge in [-0.3, -0.25) is 0 Å². The predicted octanol–water partition coefficient (Wildman–Crippen LogP) is 4.21. The molecule has 0 unspecified atom stereocenters.